The number of hydrogen-bond donors (Lipinski definition) is 0. The summed E-state index contributed by atoms with van der Waals surface area (Å²) >= 11 is 3.75. The Morgan fingerprint density at radius 2 is 0.911 bits per heavy atom. The van der Waals surface area contributed by atoms with Gasteiger partial charge in [0.05, 0.1) is 42.8 Å². The number of ether oxygens (including phenoxy) is 1. The number of hydrogen-bond acceptors (Lipinski definition) is 3. The van der Waals surface area contributed by atoms with Crippen LogP contribution >= 0.6 is 22.7 Å². The van der Waals surface area contributed by atoms with Crippen molar-refractivity contribution in [1.29, 1.82) is 0 Å². The highest BCUT2D eigenvalue weighted by Gasteiger charge is 2.40. The molecular weight excluding hydrogens is 721 g/mol. The van der Waals surface area contributed by atoms with Crippen molar-refractivity contribution >= 4 is 107 Å². The molecule has 1 aliphatic heterocycles. The molecule has 0 atom stereocenters. The third-order valence-electron chi connectivity index (χ3n) is 12.3. The molecule has 0 fully saturated rings. The Kier molecular flexibility index (Phi) is 6.00. The van der Waals surface area contributed by atoms with E-state index in [1.165, 1.54) is 101 Å². The molecule has 1 aliphatic rings. The molecule has 4 aromatic heterocycles. The van der Waals surface area contributed by atoms with E-state index in [2.05, 4.69) is 181 Å². The van der Waals surface area contributed by atoms with Gasteiger partial charge in [0.15, 0.2) is 5.75 Å². The molecule has 12 aromatic rings. The molecule has 264 valence electrons. The van der Waals surface area contributed by atoms with Crippen molar-refractivity contribution in [3.8, 4) is 22.9 Å². The zero-order valence-corrected chi connectivity index (χ0v) is 32.3. The second-order valence-electron chi connectivity index (χ2n) is 15.6. The highest BCUT2D eigenvalue weighted by Crippen LogP contribution is 2.56. The van der Waals surface area contributed by atoms with Gasteiger partial charge in [0.1, 0.15) is 5.75 Å². The molecule has 0 spiro atoms. The Bertz CT molecular complexity index is 3670. The van der Waals surface area contributed by atoms with E-state index in [9.17, 15) is 0 Å². The zero-order chi connectivity index (χ0) is 36.9. The number of thiophene rings is 2. The van der Waals surface area contributed by atoms with Crippen LogP contribution in [-0.2, 0) is 5.41 Å². The minimum Gasteiger partial charge on any atom is -0.454 e. The van der Waals surface area contributed by atoms with Crippen LogP contribution in [-0.4, -0.2) is 9.13 Å². The second kappa shape index (κ2) is 10.9. The van der Waals surface area contributed by atoms with Gasteiger partial charge in [0, 0.05) is 69.0 Å². The Morgan fingerprint density at radius 3 is 1.52 bits per heavy atom. The van der Waals surface area contributed by atoms with Gasteiger partial charge in [-0.15, -0.1) is 22.7 Å². The fourth-order valence-corrected chi connectivity index (χ4v) is 12.3. The lowest BCUT2D eigenvalue weighted by Gasteiger charge is -2.36. The summed E-state index contributed by atoms with van der Waals surface area (Å²) < 4.78 is 17.6. The molecule has 0 N–H and O–H groups in total. The summed E-state index contributed by atoms with van der Waals surface area (Å²) in [5.74, 6) is 1.84. The summed E-state index contributed by atoms with van der Waals surface area (Å²) in [5, 5.41) is 10.1. The van der Waals surface area contributed by atoms with Crippen LogP contribution in [0.3, 0.4) is 0 Å². The standard InChI is InChI=1S/C51H32N2OS2/c1-51(2)37-27-25-34-30-14-4-8-20-39(30)53(41-22-12-18-36-32-16-6-10-24-44(32)56-50(36)41)47(34)48(37)54-42-28-26-33-29-13-3-7-19-38(29)52(46(33)45(42)51)40-21-11-17-35-31-15-5-9-23-43(31)55-49(35)40/h3-28H,1-2H3. The average molecular weight is 753 g/mol. The molecule has 5 heterocycles. The summed E-state index contributed by atoms with van der Waals surface area (Å²) in [5.41, 5.74) is 9.10. The van der Waals surface area contributed by atoms with Crippen LogP contribution in [0.5, 0.6) is 11.5 Å². The molecule has 56 heavy (non-hydrogen) atoms. The first kappa shape index (κ1) is 30.9. The fourth-order valence-electron chi connectivity index (χ4n) is 9.91. The van der Waals surface area contributed by atoms with Gasteiger partial charge in [-0.1, -0.05) is 123 Å². The van der Waals surface area contributed by atoms with E-state index in [1.807, 2.05) is 22.7 Å². The summed E-state index contributed by atoms with van der Waals surface area (Å²) in [6.45, 7) is 4.78. The average Bonchev–Trinajstić information content (AvgIpc) is 3.98. The van der Waals surface area contributed by atoms with Crippen LogP contribution in [0.2, 0.25) is 0 Å². The Labute approximate surface area is 329 Å². The molecular formula is C51H32N2OS2. The highest BCUT2D eigenvalue weighted by molar-refractivity contribution is 7.26. The SMILES string of the molecule is CC1(C)c2ccc3c4ccccc4n(-c4cccc5c4sc4ccccc45)c3c2Oc2ccc3c4ccccc4n(-c4cccc5c4sc4ccccc45)c3c21. The number of para-hydroxylation sites is 2. The predicted octanol–water partition coefficient (Wildman–Crippen LogP) is 15.0. The van der Waals surface area contributed by atoms with Crippen molar-refractivity contribution < 1.29 is 4.74 Å². The van der Waals surface area contributed by atoms with Crippen LogP contribution in [0.4, 0.5) is 0 Å². The van der Waals surface area contributed by atoms with Gasteiger partial charge in [0.25, 0.3) is 0 Å². The predicted molar refractivity (Wildman–Crippen MR) is 240 cm³/mol. The molecule has 8 aromatic carbocycles. The summed E-state index contributed by atoms with van der Waals surface area (Å²) in [4.78, 5) is 0. The molecule has 0 bridgehead atoms. The van der Waals surface area contributed by atoms with Crippen LogP contribution < -0.4 is 4.74 Å². The number of fused-ring (bicyclic) bond motifs is 16. The van der Waals surface area contributed by atoms with Gasteiger partial charge >= 0.3 is 0 Å². The van der Waals surface area contributed by atoms with Gasteiger partial charge in [0.2, 0.25) is 0 Å². The maximum atomic E-state index is 7.39. The van der Waals surface area contributed by atoms with Gasteiger partial charge in [-0.2, -0.15) is 0 Å². The summed E-state index contributed by atoms with van der Waals surface area (Å²) in [7, 11) is 0. The molecule has 0 unspecified atom stereocenters. The van der Waals surface area contributed by atoms with Gasteiger partial charge < -0.3 is 13.9 Å². The second-order valence-corrected chi connectivity index (χ2v) is 17.7. The van der Waals surface area contributed by atoms with E-state index in [-0.39, 0.29) is 0 Å². The molecule has 3 nitrogen and oxygen atoms in total. The molecule has 0 saturated heterocycles. The van der Waals surface area contributed by atoms with Crippen LogP contribution in [0.1, 0.15) is 25.0 Å². The van der Waals surface area contributed by atoms with Crippen molar-refractivity contribution in [2.24, 2.45) is 0 Å². The lowest BCUT2D eigenvalue weighted by molar-refractivity contribution is 0.423. The number of nitrogens with zero attached hydrogens (tertiary/aromatic N) is 2. The Morgan fingerprint density at radius 1 is 0.429 bits per heavy atom. The molecule has 5 heteroatoms. The molecule has 0 amide bonds. The maximum absolute atomic E-state index is 7.39. The molecule has 13 rings (SSSR count). The Hall–Kier alpha value is -6.40. The lowest BCUT2D eigenvalue weighted by Crippen LogP contribution is -2.25. The first-order chi connectivity index (χ1) is 27.6. The summed E-state index contributed by atoms with van der Waals surface area (Å²) in [6, 6.07) is 57.9. The maximum Gasteiger partial charge on any atom is 0.156 e. The smallest absolute Gasteiger partial charge is 0.156 e. The van der Waals surface area contributed by atoms with E-state index in [0.717, 1.165) is 17.0 Å². The van der Waals surface area contributed by atoms with E-state index in [1.54, 1.807) is 0 Å². The van der Waals surface area contributed by atoms with Crippen molar-refractivity contribution in [2.75, 3.05) is 0 Å². The van der Waals surface area contributed by atoms with E-state index in [0.29, 0.717) is 0 Å². The van der Waals surface area contributed by atoms with Gasteiger partial charge in [-0.05, 0) is 48.5 Å². The fraction of sp³-hybridized carbons (Fsp3) is 0.0588. The van der Waals surface area contributed by atoms with Crippen molar-refractivity contribution in [3.63, 3.8) is 0 Å². The highest BCUT2D eigenvalue weighted by atomic mass is 32.1. The van der Waals surface area contributed by atoms with E-state index < -0.39 is 5.41 Å². The molecule has 0 aliphatic carbocycles. The largest absolute Gasteiger partial charge is 0.454 e. The van der Waals surface area contributed by atoms with Gasteiger partial charge in [-0.25, -0.2) is 0 Å². The van der Waals surface area contributed by atoms with Crippen LogP contribution in [0, 0.1) is 0 Å². The van der Waals surface area contributed by atoms with Gasteiger partial charge in [-0.3, -0.25) is 0 Å². The quantitative estimate of drug-likeness (QED) is 0.172. The first-order valence-electron chi connectivity index (χ1n) is 19.2. The number of aromatic nitrogens is 2. The minimum absolute atomic E-state index is 0.401. The topological polar surface area (TPSA) is 19.1 Å². The number of rotatable bonds is 2. The van der Waals surface area contributed by atoms with Crippen molar-refractivity contribution in [1.82, 2.24) is 9.13 Å². The third-order valence-corrected chi connectivity index (χ3v) is 14.8. The first-order valence-corrected chi connectivity index (χ1v) is 20.8. The summed E-state index contributed by atoms with van der Waals surface area (Å²) in [6.07, 6.45) is 0. The zero-order valence-electron chi connectivity index (χ0n) is 30.6. The van der Waals surface area contributed by atoms with E-state index >= 15 is 0 Å². The number of benzene rings is 8. The Balaban J connectivity index is 1.13. The van der Waals surface area contributed by atoms with Crippen molar-refractivity contribution in [3.05, 3.63) is 169 Å². The molecule has 0 radical (unpaired) electrons. The van der Waals surface area contributed by atoms with Crippen LogP contribution in [0.25, 0.3) is 95.3 Å². The normalized spacial score (nSPS) is 13.8. The lowest BCUT2D eigenvalue weighted by atomic mass is 9.74. The van der Waals surface area contributed by atoms with Crippen LogP contribution in [0.15, 0.2) is 158 Å². The minimum atomic E-state index is -0.401. The third kappa shape index (κ3) is 3.86. The molecule has 0 saturated carbocycles. The monoisotopic (exact) mass is 752 g/mol. The van der Waals surface area contributed by atoms with E-state index in [4.69, 9.17) is 4.74 Å². The van der Waals surface area contributed by atoms with Crippen molar-refractivity contribution in [2.45, 2.75) is 19.3 Å².